The summed E-state index contributed by atoms with van der Waals surface area (Å²) < 4.78 is 2.21. The highest BCUT2D eigenvalue weighted by Crippen LogP contribution is 2.42. The van der Waals surface area contributed by atoms with Gasteiger partial charge in [0.2, 0.25) is 0 Å². The molecule has 5 rings (SSSR count). The number of hydrogen-bond acceptors (Lipinski definition) is 1. The van der Waals surface area contributed by atoms with Gasteiger partial charge in [-0.2, -0.15) is 0 Å². The van der Waals surface area contributed by atoms with E-state index in [0.717, 1.165) is 52.8 Å². The molecule has 1 aliphatic rings. The molecule has 3 heterocycles. The zero-order valence-corrected chi connectivity index (χ0v) is 13.1. The molecule has 2 aromatic heterocycles. The van der Waals surface area contributed by atoms with Crippen LogP contribution >= 0.6 is 0 Å². The second-order valence-corrected chi connectivity index (χ2v) is 6.26. The van der Waals surface area contributed by atoms with Crippen LogP contribution in [0.25, 0.3) is 33.4 Å². The third-order valence-corrected chi connectivity index (χ3v) is 4.95. The smallest absolute Gasteiger partial charge is 0.152 e. The largest absolute Gasteiger partial charge is 0.353 e. The Balaban J connectivity index is 1.87. The number of benzene rings is 2. The SMILES string of the molecule is O=Cc1cn2c(c1-c1ccccc1)-c1[nH]c3ccccc3c1CC2. The Morgan fingerprint density at radius 3 is 2.62 bits per heavy atom. The van der Waals surface area contributed by atoms with E-state index in [2.05, 4.69) is 45.9 Å². The first-order chi connectivity index (χ1) is 11.9. The molecule has 0 bridgehead atoms. The second-order valence-electron chi connectivity index (χ2n) is 6.26. The van der Waals surface area contributed by atoms with Crippen LogP contribution in [0.3, 0.4) is 0 Å². The van der Waals surface area contributed by atoms with Gasteiger partial charge >= 0.3 is 0 Å². The van der Waals surface area contributed by atoms with Crippen LogP contribution in [-0.4, -0.2) is 15.8 Å². The van der Waals surface area contributed by atoms with Crippen molar-refractivity contribution < 1.29 is 4.79 Å². The Morgan fingerprint density at radius 1 is 1.00 bits per heavy atom. The Kier molecular flexibility index (Phi) is 2.77. The van der Waals surface area contributed by atoms with E-state index in [9.17, 15) is 4.79 Å². The Morgan fingerprint density at radius 2 is 1.79 bits per heavy atom. The van der Waals surface area contributed by atoms with Gasteiger partial charge in [-0.25, -0.2) is 0 Å². The molecule has 0 aliphatic carbocycles. The number of aromatic amines is 1. The van der Waals surface area contributed by atoms with Crippen LogP contribution in [0.2, 0.25) is 0 Å². The van der Waals surface area contributed by atoms with Crippen LogP contribution in [-0.2, 0) is 13.0 Å². The molecule has 0 spiro atoms. The minimum Gasteiger partial charge on any atom is -0.353 e. The number of carbonyl (C=O) groups is 1. The average Bonchev–Trinajstić information content (AvgIpc) is 3.20. The van der Waals surface area contributed by atoms with Crippen molar-refractivity contribution in [2.45, 2.75) is 13.0 Å². The van der Waals surface area contributed by atoms with Crippen LogP contribution in [0.1, 0.15) is 15.9 Å². The topological polar surface area (TPSA) is 37.8 Å². The molecule has 0 amide bonds. The highest BCUT2D eigenvalue weighted by molar-refractivity contribution is 5.99. The number of nitrogens with one attached hydrogen (secondary N) is 1. The fourth-order valence-corrected chi connectivity index (χ4v) is 3.91. The van der Waals surface area contributed by atoms with E-state index in [-0.39, 0.29) is 0 Å². The summed E-state index contributed by atoms with van der Waals surface area (Å²) >= 11 is 0. The zero-order chi connectivity index (χ0) is 16.1. The van der Waals surface area contributed by atoms with Crippen LogP contribution in [0.5, 0.6) is 0 Å². The number of para-hydroxylation sites is 1. The lowest BCUT2D eigenvalue weighted by molar-refractivity contribution is 0.112. The molecule has 1 aliphatic heterocycles. The van der Waals surface area contributed by atoms with Crippen LogP contribution in [0.4, 0.5) is 0 Å². The minimum absolute atomic E-state index is 0.753. The number of rotatable bonds is 2. The van der Waals surface area contributed by atoms with Crippen molar-refractivity contribution in [3.8, 4) is 22.5 Å². The molecule has 1 N–H and O–H groups in total. The van der Waals surface area contributed by atoms with Gasteiger partial charge in [0.1, 0.15) is 0 Å². The van der Waals surface area contributed by atoms with Gasteiger partial charge in [-0.15, -0.1) is 0 Å². The molecule has 0 unspecified atom stereocenters. The standard InChI is InChI=1S/C21H16N2O/c24-13-15-12-23-11-10-17-16-8-4-5-9-18(16)22-20(17)21(23)19(15)14-6-2-1-3-7-14/h1-9,12-13,22H,10-11H2. The van der Waals surface area contributed by atoms with E-state index in [1.54, 1.807) is 0 Å². The molecule has 3 nitrogen and oxygen atoms in total. The van der Waals surface area contributed by atoms with Crippen molar-refractivity contribution in [2.24, 2.45) is 0 Å². The Labute approximate surface area is 139 Å². The Bertz CT molecular complexity index is 1070. The highest BCUT2D eigenvalue weighted by Gasteiger charge is 2.26. The average molecular weight is 312 g/mol. The maximum absolute atomic E-state index is 11.7. The van der Waals surface area contributed by atoms with E-state index < -0.39 is 0 Å². The highest BCUT2D eigenvalue weighted by atomic mass is 16.1. The van der Waals surface area contributed by atoms with Gasteiger partial charge in [0, 0.05) is 34.8 Å². The van der Waals surface area contributed by atoms with Crippen molar-refractivity contribution in [3.05, 3.63) is 71.9 Å². The molecule has 0 saturated carbocycles. The summed E-state index contributed by atoms with van der Waals surface area (Å²) in [4.78, 5) is 15.3. The number of aromatic nitrogens is 2. The molecule has 0 fully saturated rings. The summed E-state index contributed by atoms with van der Waals surface area (Å²) in [5.41, 5.74) is 7.64. The van der Waals surface area contributed by atoms with Gasteiger partial charge < -0.3 is 9.55 Å². The van der Waals surface area contributed by atoms with Crippen molar-refractivity contribution in [1.82, 2.24) is 9.55 Å². The van der Waals surface area contributed by atoms with E-state index in [0.29, 0.717) is 0 Å². The zero-order valence-electron chi connectivity index (χ0n) is 13.1. The first-order valence-corrected chi connectivity index (χ1v) is 8.20. The normalized spacial score (nSPS) is 12.8. The third kappa shape index (κ3) is 1.75. The van der Waals surface area contributed by atoms with E-state index >= 15 is 0 Å². The number of carbonyl (C=O) groups excluding carboxylic acids is 1. The molecule has 0 atom stereocenters. The molecule has 2 aromatic carbocycles. The quantitative estimate of drug-likeness (QED) is 0.537. The fourth-order valence-electron chi connectivity index (χ4n) is 3.91. The monoisotopic (exact) mass is 312 g/mol. The lowest BCUT2D eigenvalue weighted by atomic mass is 9.96. The number of H-pyrrole nitrogens is 1. The van der Waals surface area contributed by atoms with Crippen LogP contribution in [0, 0.1) is 0 Å². The van der Waals surface area contributed by atoms with Crippen LogP contribution < -0.4 is 0 Å². The van der Waals surface area contributed by atoms with Crippen molar-refractivity contribution >= 4 is 17.2 Å². The first-order valence-electron chi connectivity index (χ1n) is 8.20. The molecule has 116 valence electrons. The van der Waals surface area contributed by atoms with Gasteiger partial charge in [0.05, 0.1) is 11.4 Å². The van der Waals surface area contributed by atoms with E-state index in [1.165, 1.54) is 10.9 Å². The lowest BCUT2D eigenvalue weighted by Crippen LogP contribution is -2.09. The lowest BCUT2D eigenvalue weighted by Gasteiger charge is -2.18. The molecule has 3 heteroatoms. The summed E-state index contributed by atoms with van der Waals surface area (Å²) in [6, 6.07) is 18.6. The van der Waals surface area contributed by atoms with Gasteiger partial charge in [0.25, 0.3) is 0 Å². The Hall–Kier alpha value is -3.07. The molecular weight excluding hydrogens is 296 g/mol. The van der Waals surface area contributed by atoms with Crippen molar-refractivity contribution in [2.75, 3.05) is 0 Å². The predicted molar refractivity (Wildman–Crippen MR) is 96.3 cm³/mol. The second kappa shape index (κ2) is 4.96. The molecular formula is C21H16N2O. The maximum Gasteiger partial charge on any atom is 0.152 e. The van der Waals surface area contributed by atoms with E-state index in [4.69, 9.17) is 0 Å². The number of aryl methyl sites for hydroxylation is 2. The van der Waals surface area contributed by atoms with Crippen molar-refractivity contribution in [1.29, 1.82) is 0 Å². The predicted octanol–water partition coefficient (Wildman–Crippen LogP) is 4.67. The van der Waals surface area contributed by atoms with Gasteiger partial charge in [-0.05, 0) is 23.6 Å². The van der Waals surface area contributed by atoms with Gasteiger partial charge in [-0.3, -0.25) is 4.79 Å². The van der Waals surface area contributed by atoms with Crippen molar-refractivity contribution in [3.63, 3.8) is 0 Å². The summed E-state index contributed by atoms with van der Waals surface area (Å²) in [7, 11) is 0. The van der Waals surface area contributed by atoms with Gasteiger partial charge in [-0.1, -0.05) is 48.5 Å². The fraction of sp³-hybridized carbons (Fsp3) is 0.0952. The number of aldehydes is 1. The summed E-state index contributed by atoms with van der Waals surface area (Å²) in [5, 5.41) is 1.28. The van der Waals surface area contributed by atoms with Gasteiger partial charge in [0.15, 0.2) is 6.29 Å². The number of nitrogens with zero attached hydrogens (tertiary/aromatic N) is 1. The number of hydrogen-bond donors (Lipinski definition) is 1. The summed E-state index contributed by atoms with van der Waals surface area (Å²) in [6.45, 7) is 0.901. The van der Waals surface area contributed by atoms with Crippen LogP contribution in [0.15, 0.2) is 60.8 Å². The first kappa shape index (κ1) is 13.4. The molecule has 24 heavy (non-hydrogen) atoms. The molecule has 4 aromatic rings. The maximum atomic E-state index is 11.7. The summed E-state index contributed by atoms with van der Waals surface area (Å²) in [5.74, 6) is 0. The van der Waals surface area contributed by atoms with E-state index in [1.807, 2.05) is 24.4 Å². The third-order valence-electron chi connectivity index (χ3n) is 4.95. The molecule has 0 saturated heterocycles. The minimum atomic E-state index is 0.753. The number of fused-ring (bicyclic) bond motifs is 5. The summed E-state index contributed by atoms with van der Waals surface area (Å²) in [6.07, 6.45) is 3.93. The molecule has 0 radical (unpaired) electrons.